The molecule has 2 fully saturated rings. The first-order valence-electron chi connectivity index (χ1n) is 12.9. The Morgan fingerprint density at radius 2 is 2.06 bits per heavy atom. The summed E-state index contributed by atoms with van der Waals surface area (Å²) >= 11 is 0. The van der Waals surface area contributed by atoms with E-state index in [1.54, 1.807) is 6.07 Å². The largest absolute Gasteiger partial charge is 0.504 e. The molecule has 1 saturated heterocycles. The van der Waals surface area contributed by atoms with E-state index in [0.717, 1.165) is 30.5 Å². The predicted octanol–water partition coefficient (Wildman–Crippen LogP) is 3.33. The highest BCUT2D eigenvalue weighted by Crippen LogP contribution is 2.69. The summed E-state index contributed by atoms with van der Waals surface area (Å²) in [6.07, 6.45) is 3.87. The fraction of sp³-hybridized carbons (Fsp3) is 0.552. The van der Waals surface area contributed by atoms with Gasteiger partial charge in [-0.1, -0.05) is 35.9 Å². The van der Waals surface area contributed by atoms with E-state index >= 15 is 0 Å². The number of rotatable bonds is 4. The number of carbonyl (C=O) groups is 1. The number of carbonyl (C=O) groups excluding carboxylic acids is 1. The van der Waals surface area contributed by atoms with Gasteiger partial charge in [0.15, 0.2) is 11.5 Å². The molecular formula is C29H36N2O4. The molecule has 0 aromatic heterocycles. The zero-order valence-electron chi connectivity index (χ0n) is 21.2. The summed E-state index contributed by atoms with van der Waals surface area (Å²) in [5, 5.41) is 23.3. The van der Waals surface area contributed by atoms with E-state index in [9.17, 15) is 15.0 Å². The van der Waals surface area contributed by atoms with Crippen LogP contribution in [-0.4, -0.2) is 69.8 Å². The van der Waals surface area contributed by atoms with Crippen LogP contribution in [0.15, 0.2) is 36.4 Å². The Morgan fingerprint density at radius 1 is 1.26 bits per heavy atom. The lowest BCUT2D eigenvalue weighted by molar-refractivity contribution is -0.226. The van der Waals surface area contributed by atoms with E-state index in [1.165, 1.54) is 11.1 Å². The minimum Gasteiger partial charge on any atom is -0.504 e. The average molecular weight is 477 g/mol. The van der Waals surface area contributed by atoms with Crippen molar-refractivity contribution >= 4 is 5.91 Å². The summed E-state index contributed by atoms with van der Waals surface area (Å²) < 4.78 is 6.74. The van der Waals surface area contributed by atoms with Crippen molar-refractivity contribution in [2.24, 2.45) is 0 Å². The van der Waals surface area contributed by atoms with Gasteiger partial charge in [0.1, 0.15) is 5.60 Å². The van der Waals surface area contributed by atoms with E-state index in [4.69, 9.17) is 4.74 Å². The lowest BCUT2D eigenvalue weighted by Crippen LogP contribution is -2.81. The number of phenols is 1. The Bertz CT molecular complexity index is 1210. The van der Waals surface area contributed by atoms with Crippen molar-refractivity contribution in [2.75, 3.05) is 20.6 Å². The van der Waals surface area contributed by atoms with Crippen molar-refractivity contribution < 1.29 is 19.7 Å². The summed E-state index contributed by atoms with van der Waals surface area (Å²) in [6, 6.07) is 11.8. The maximum Gasteiger partial charge on any atom is 0.223 e. The van der Waals surface area contributed by atoms with Crippen LogP contribution in [0.4, 0.5) is 0 Å². The first kappa shape index (κ1) is 22.9. The molecule has 2 bridgehead atoms. The molecule has 2 aliphatic carbocycles. The molecule has 2 aliphatic heterocycles. The number of amides is 1. The lowest BCUT2D eigenvalue weighted by Gasteiger charge is -2.67. The number of ether oxygens (including phenoxy) is 1. The van der Waals surface area contributed by atoms with Crippen LogP contribution in [0.2, 0.25) is 0 Å². The molecule has 2 aromatic carbocycles. The minimum absolute atomic E-state index is 0.00885. The number of benzene rings is 2. The third-order valence-electron chi connectivity index (χ3n) is 9.89. The van der Waals surface area contributed by atoms with Crippen molar-refractivity contribution in [3.63, 3.8) is 0 Å². The second-order valence-electron chi connectivity index (χ2n) is 11.5. The Hall–Kier alpha value is -2.57. The number of aromatic hydroxyl groups is 1. The van der Waals surface area contributed by atoms with E-state index < -0.39 is 16.6 Å². The maximum absolute atomic E-state index is 13.5. The van der Waals surface area contributed by atoms with Crippen molar-refractivity contribution in [1.29, 1.82) is 0 Å². The number of aliphatic hydroxyl groups is 1. The summed E-state index contributed by atoms with van der Waals surface area (Å²) in [6.45, 7) is 4.99. The van der Waals surface area contributed by atoms with Crippen LogP contribution in [0.5, 0.6) is 11.5 Å². The summed E-state index contributed by atoms with van der Waals surface area (Å²) in [4.78, 5) is 17.6. The molecule has 2 N–H and O–H groups in total. The standard InChI is InChI=1S/C29H36N2O4/c1-18-6-5-7-19(16-18)8-11-24(33)31(4)22-12-13-29(34)23-17-20-9-10-21(32)26-25(20)28(29,14-15-30(23)3)27(22,2)35-26/h5-7,9-10,16,22-23,32,34H,8,11-15,17H2,1-4H3/t22?,23-,27?,28+,29-/m1/s1. The third-order valence-corrected chi connectivity index (χ3v) is 9.89. The molecule has 2 heterocycles. The van der Waals surface area contributed by atoms with Crippen molar-refractivity contribution in [2.45, 2.75) is 81.1 Å². The summed E-state index contributed by atoms with van der Waals surface area (Å²) in [5.74, 6) is 0.725. The normalized spacial score (nSPS) is 34.8. The summed E-state index contributed by atoms with van der Waals surface area (Å²) in [7, 11) is 3.99. The number of nitrogens with zero attached hydrogens (tertiary/aromatic N) is 2. The van der Waals surface area contributed by atoms with Gasteiger partial charge in [0.05, 0.1) is 17.1 Å². The lowest BCUT2D eigenvalue weighted by atomic mass is 9.44. The SMILES string of the molecule is Cc1cccc(CCC(=O)N(C)C2CC[C@@]3(O)[C@H]4Cc5ccc(O)c6c5[C@@]3(CCN4C)C2(C)O6)c1. The quantitative estimate of drug-likeness (QED) is 0.708. The van der Waals surface area contributed by atoms with Crippen LogP contribution in [0, 0.1) is 6.92 Å². The molecule has 2 aromatic rings. The van der Waals surface area contributed by atoms with Crippen molar-refractivity contribution in [3.05, 3.63) is 58.7 Å². The van der Waals surface area contributed by atoms with E-state index in [2.05, 4.69) is 44.0 Å². The monoisotopic (exact) mass is 476 g/mol. The zero-order valence-corrected chi connectivity index (χ0v) is 21.2. The Morgan fingerprint density at radius 3 is 2.83 bits per heavy atom. The number of likely N-dealkylation sites (N-methyl/N-ethyl adjacent to an activating group) is 2. The van der Waals surface area contributed by atoms with Gasteiger partial charge in [0.25, 0.3) is 0 Å². The minimum atomic E-state index is -0.969. The number of phenolic OH excluding ortho intramolecular Hbond substituents is 1. The number of hydrogen-bond acceptors (Lipinski definition) is 5. The summed E-state index contributed by atoms with van der Waals surface area (Å²) in [5.41, 5.74) is 2.04. The molecule has 186 valence electrons. The zero-order chi connectivity index (χ0) is 24.8. The third kappa shape index (κ3) is 2.81. The van der Waals surface area contributed by atoms with E-state index in [1.807, 2.05) is 24.1 Å². The highest BCUT2D eigenvalue weighted by atomic mass is 16.5. The maximum atomic E-state index is 13.5. The number of aryl methyl sites for hydroxylation is 2. The molecule has 6 nitrogen and oxygen atoms in total. The molecule has 6 rings (SSSR count). The highest BCUT2D eigenvalue weighted by Gasteiger charge is 2.78. The molecular weight excluding hydrogens is 440 g/mol. The number of hydrogen-bond donors (Lipinski definition) is 2. The Labute approximate surface area is 207 Å². The van der Waals surface area contributed by atoms with Gasteiger partial charge in [-0.3, -0.25) is 4.79 Å². The molecule has 6 heteroatoms. The smallest absolute Gasteiger partial charge is 0.223 e. The average Bonchev–Trinajstić information content (AvgIpc) is 3.10. The second kappa shape index (κ2) is 7.47. The van der Waals surface area contributed by atoms with Crippen LogP contribution in [-0.2, 0) is 23.1 Å². The van der Waals surface area contributed by atoms with Gasteiger partial charge in [-0.15, -0.1) is 0 Å². The van der Waals surface area contributed by atoms with Crippen molar-refractivity contribution in [1.82, 2.24) is 9.80 Å². The molecule has 1 amide bonds. The molecule has 5 atom stereocenters. The first-order valence-corrected chi connectivity index (χ1v) is 12.9. The topological polar surface area (TPSA) is 73.2 Å². The fourth-order valence-electron chi connectivity index (χ4n) is 8.22. The molecule has 4 aliphatic rings. The van der Waals surface area contributed by atoms with Gasteiger partial charge in [0, 0.05) is 25.1 Å². The van der Waals surface area contributed by atoms with E-state index in [0.29, 0.717) is 31.4 Å². The highest BCUT2D eigenvalue weighted by molar-refractivity contribution is 5.77. The molecule has 35 heavy (non-hydrogen) atoms. The van der Waals surface area contributed by atoms with Crippen LogP contribution >= 0.6 is 0 Å². The van der Waals surface area contributed by atoms with Crippen LogP contribution in [0.3, 0.4) is 0 Å². The van der Waals surface area contributed by atoms with Gasteiger partial charge in [0.2, 0.25) is 5.91 Å². The van der Waals surface area contributed by atoms with Gasteiger partial charge in [-0.25, -0.2) is 0 Å². The Balaban J connectivity index is 1.38. The first-order chi connectivity index (χ1) is 16.6. The Kier molecular flexibility index (Phi) is 4.88. The molecule has 2 unspecified atom stereocenters. The fourth-order valence-corrected chi connectivity index (χ4v) is 8.22. The molecule has 0 radical (unpaired) electrons. The number of likely N-dealkylation sites (tertiary alicyclic amines) is 1. The van der Waals surface area contributed by atoms with Gasteiger partial charge in [-0.2, -0.15) is 0 Å². The van der Waals surface area contributed by atoms with Gasteiger partial charge in [-0.05, 0) is 76.7 Å². The number of piperidine rings is 1. The van der Waals surface area contributed by atoms with Crippen LogP contribution in [0.25, 0.3) is 0 Å². The molecule has 1 saturated carbocycles. The second-order valence-corrected chi connectivity index (χ2v) is 11.5. The molecule has 1 spiro atoms. The van der Waals surface area contributed by atoms with Gasteiger partial charge >= 0.3 is 0 Å². The van der Waals surface area contributed by atoms with Crippen LogP contribution < -0.4 is 4.74 Å². The van der Waals surface area contributed by atoms with Crippen molar-refractivity contribution in [3.8, 4) is 11.5 Å². The predicted molar refractivity (Wildman–Crippen MR) is 134 cm³/mol. The van der Waals surface area contributed by atoms with Crippen LogP contribution in [0.1, 0.15) is 54.9 Å². The van der Waals surface area contributed by atoms with Gasteiger partial charge < -0.3 is 24.7 Å². The van der Waals surface area contributed by atoms with E-state index in [-0.39, 0.29) is 23.7 Å².